The second-order valence-corrected chi connectivity index (χ2v) is 7.09. The molecule has 0 unspecified atom stereocenters. The minimum Gasteiger partial charge on any atom is -0.433 e. The molecule has 0 aliphatic carbocycles. The number of H-pyrrole nitrogens is 2. The van der Waals surface area contributed by atoms with Gasteiger partial charge >= 0.3 is 6.61 Å². The van der Waals surface area contributed by atoms with E-state index in [1.165, 1.54) is 12.1 Å². The van der Waals surface area contributed by atoms with Crippen molar-refractivity contribution in [3.05, 3.63) is 80.3 Å². The zero-order chi connectivity index (χ0) is 20.5. The van der Waals surface area contributed by atoms with Crippen LogP contribution in [-0.2, 0) is 6.54 Å². The summed E-state index contributed by atoms with van der Waals surface area (Å²) in [7, 11) is 0. The molecule has 29 heavy (non-hydrogen) atoms. The Bertz CT molecular complexity index is 1300. The molecule has 2 aromatic carbocycles. The topological polar surface area (TPSA) is 62.8 Å². The normalized spacial score (nSPS) is 11.3. The number of benzene rings is 2. The molecule has 0 radical (unpaired) electrons. The molecule has 4 rings (SSSR count). The van der Waals surface area contributed by atoms with Gasteiger partial charge in [0.15, 0.2) is 4.77 Å². The third kappa shape index (κ3) is 3.94. The molecule has 2 N–H and O–H groups in total. The molecule has 9 heteroatoms. The number of hydrogen-bond donors (Lipinski definition) is 2. The molecule has 2 aromatic heterocycles. The van der Waals surface area contributed by atoms with Crippen LogP contribution in [0.5, 0.6) is 5.75 Å². The molecule has 0 saturated carbocycles. The average molecular weight is 434 g/mol. The molecule has 0 aliphatic rings. The molecule has 0 fully saturated rings. The molecule has 0 bridgehead atoms. The second-order valence-electron chi connectivity index (χ2n) is 6.30. The van der Waals surface area contributed by atoms with E-state index in [2.05, 4.69) is 14.7 Å². The SMILES string of the molecule is O=c1[nH]c(=S)n(Cc2ccc(Cl)c(OC(F)F)c2)c2cc(-c3ccccc3)[nH]c12. The number of nitrogens with one attached hydrogen (secondary N) is 2. The lowest BCUT2D eigenvalue weighted by Crippen LogP contribution is -2.14. The number of aromatic nitrogens is 3. The van der Waals surface area contributed by atoms with E-state index in [0.717, 1.165) is 11.3 Å². The number of rotatable bonds is 5. The van der Waals surface area contributed by atoms with Gasteiger partial charge in [-0.15, -0.1) is 0 Å². The van der Waals surface area contributed by atoms with Crippen LogP contribution in [0, 0.1) is 4.77 Å². The van der Waals surface area contributed by atoms with E-state index in [9.17, 15) is 13.6 Å². The predicted molar refractivity (Wildman–Crippen MR) is 110 cm³/mol. The first kappa shape index (κ1) is 19.4. The second kappa shape index (κ2) is 7.81. The van der Waals surface area contributed by atoms with Crippen LogP contribution in [-0.4, -0.2) is 21.1 Å². The highest BCUT2D eigenvalue weighted by Crippen LogP contribution is 2.28. The Morgan fingerprint density at radius 1 is 1.10 bits per heavy atom. The average Bonchev–Trinajstić information content (AvgIpc) is 3.14. The summed E-state index contributed by atoms with van der Waals surface area (Å²) in [6.45, 7) is -2.75. The summed E-state index contributed by atoms with van der Waals surface area (Å²) < 4.78 is 31.6. The van der Waals surface area contributed by atoms with Crippen LogP contribution in [0.15, 0.2) is 59.4 Å². The van der Waals surface area contributed by atoms with Gasteiger partial charge in [0.1, 0.15) is 11.3 Å². The zero-order valence-electron chi connectivity index (χ0n) is 14.8. The van der Waals surface area contributed by atoms with Gasteiger partial charge < -0.3 is 14.3 Å². The fourth-order valence-corrected chi connectivity index (χ4v) is 3.53. The van der Waals surface area contributed by atoms with Crippen molar-refractivity contribution in [1.82, 2.24) is 14.5 Å². The number of alkyl halides is 2. The molecule has 0 spiro atoms. The minimum atomic E-state index is -2.98. The van der Waals surface area contributed by atoms with E-state index >= 15 is 0 Å². The van der Waals surface area contributed by atoms with Crippen molar-refractivity contribution in [3.8, 4) is 17.0 Å². The predicted octanol–water partition coefficient (Wildman–Crippen LogP) is 5.36. The summed E-state index contributed by atoms with van der Waals surface area (Å²) in [4.78, 5) is 18.1. The van der Waals surface area contributed by atoms with E-state index in [-0.39, 0.29) is 27.6 Å². The first-order valence-corrected chi connectivity index (χ1v) is 9.35. The van der Waals surface area contributed by atoms with Crippen LogP contribution < -0.4 is 10.3 Å². The molecule has 2 heterocycles. The van der Waals surface area contributed by atoms with Gasteiger partial charge in [-0.1, -0.05) is 48.0 Å². The molecule has 0 saturated heterocycles. The van der Waals surface area contributed by atoms with E-state index < -0.39 is 6.61 Å². The maximum absolute atomic E-state index is 12.6. The van der Waals surface area contributed by atoms with Crippen molar-refractivity contribution in [2.75, 3.05) is 0 Å². The van der Waals surface area contributed by atoms with Crippen molar-refractivity contribution in [2.45, 2.75) is 13.2 Å². The van der Waals surface area contributed by atoms with E-state index in [0.29, 0.717) is 16.6 Å². The number of fused-ring (bicyclic) bond motifs is 1. The molecule has 0 atom stereocenters. The lowest BCUT2D eigenvalue weighted by molar-refractivity contribution is -0.0498. The van der Waals surface area contributed by atoms with Crippen molar-refractivity contribution < 1.29 is 13.5 Å². The molecule has 0 amide bonds. The highest BCUT2D eigenvalue weighted by atomic mass is 35.5. The number of hydrogen-bond acceptors (Lipinski definition) is 3. The van der Waals surface area contributed by atoms with Gasteiger partial charge in [0.2, 0.25) is 0 Å². The maximum Gasteiger partial charge on any atom is 0.387 e. The summed E-state index contributed by atoms with van der Waals surface area (Å²) in [5.74, 6) is -0.120. The number of aromatic amines is 2. The molecule has 5 nitrogen and oxygen atoms in total. The van der Waals surface area contributed by atoms with Crippen molar-refractivity contribution in [3.63, 3.8) is 0 Å². The monoisotopic (exact) mass is 433 g/mol. The van der Waals surface area contributed by atoms with E-state index in [4.69, 9.17) is 23.8 Å². The maximum atomic E-state index is 12.6. The quantitative estimate of drug-likeness (QED) is 0.417. The van der Waals surface area contributed by atoms with Crippen LogP contribution in [0.4, 0.5) is 8.78 Å². The number of ether oxygens (including phenoxy) is 1. The molecular formula is C20H14ClF2N3O2S. The Morgan fingerprint density at radius 2 is 1.86 bits per heavy atom. The summed E-state index contributed by atoms with van der Waals surface area (Å²) in [6.07, 6.45) is 0. The fraction of sp³-hybridized carbons (Fsp3) is 0.100. The van der Waals surface area contributed by atoms with Crippen LogP contribution in [0.1, 0.15) is 5.56 Å². The van der Waals surface area contributed by atoms with Crippen LogP contribution in [0.25, 0.3) is 22.3 Å². The van der Waals surface area contributed by atoms with Gasteiger partial charge in [-0.05, 0) is 41.5 Å². The van der Waals surface area contributed by atoms with Crippen molar-refractivity contribution in [1.29, 1.82) is 0 Å². The Hall–Kier alpha value is -2.97. The zero-order valence-corrected chi connectivity index (χ0v) is 16.4. The molecule has 148 valence electrons. The Kier molecular flexibility index (Phi) is 5.21. The minimum absolute atomic E-state index is 0.0808. The summed E-state index contributed by atoms with van der Waals surface area (Å²) >= 11 is 11.3. The smallest absolute Gasteiger partial charge is 0.387 e. The van der Waals surface area contributed by atoms with Crippen LogP contribution in [0.2, 0.25) is 5.02 Å². The number of nitrogens with zero attached hydrogens (tertiary/aromatic N) is 1. The van der Waals surface area contributed by atoms with E-state index in [1.54, 1.807) is 10.6 Å². The van der Waals surface area contributed by atoms with Gasteiger partial charge in [-0.3, -0.25) is 9.78 Å². The van der Waals surface area contributed by atoms with Gasteiger partial charge in [0, 0.05) is 5.69 Å². The van der Waals surface area contributed by atoms with Gasteiger partial charge in [-0.25, -0.2) is 0 Å². The van der Waals surface area contributed by atoms with Crippen LogP contribution in [0.3, 0.4) is 0 Å². The van der Waals surface area contributed by atoms with E-state index in [1.807, 2.05) is 36.4 Å². The largest absolute Gasteiger partial charge is 0.433 e. The standard InChI is InChI=1S/C20H14ClF2N3O2S/c21-13-7-6-11(8-16(13)28-19(22)23)10-26-15-9-14(12-4-2-1-3-5-12)24-17(15)18(27)25-20(26)29/h1-9,19,24H,10H2,(H,25,27,29). The summed E-state index contributed by atoms with van der Waals surface area (Å²) in [6, 6.07) is 16.0. The van der Waals surface area contributed by atoms with Crippen molar-refractivity contribution in [2.24, 2.45) is 0 Å². The number of halogens is 3. The third-order valence-corrected chi connectivity index (χ3v) is 5.05. The van der Waals surface area contributed by atoms with Crippen molar-refractivity contribution >= 4 is 34.9 Å². The van der Waals surface area contributed by atoms with Gasteiger partial charge in [0.25, 0.3) is 5.56 Å². The molecule has 0 aliphatic heterocycles. The molecular weight excluding hydrogens is 420 g/mol. The highest BCUT2D eigenvalue weighted by Gasteiger charge is 2.13. The van der Waals surface area contributed by atoms with Gasteiger partial charge in [0.05, 0.1) is 17.1 Å². The third-order valence-electron chi connectivity index (χ3n) is 4.42. The first-order valence-electron chi connectivity index (χ1n) is 8.57. The summed E-state index contributed by atoms with van der Waals surface area (Å²) in [5, 5.41) is 0.0808. The van der Waals surface area contributed by atoms with Gasteiger partial charge in [-0.2, -0.15) is 8.78 Å². The highest BCUT2D eigenvalue weighted by molar-refractivity contribution is 7.71. The molecule has 4 aromatic rings. The van der Waals surface area contributed by atoms with Crippen LogP contribution >= 0.6 is 23.8 Å². The lowest BCUT2D eigenvalue weighted by Gasteiger charge is -2.11. The Labute approximate surface area is 173 Å². The lowest BCUT2D eigenvalue weighted by atomic mass is 10.1. The first-order chi connectivity index (χ1) is 13.9. The Balaban J connectivity index is 1.81. The summed E-state index contributed by atoms with van der Waals surface area (Å²) in [5.41, 5.74) is 2.95. The Morgan fingerprint density at radius 3 is 2.59 bits per heavy atom. The fourth-order valence-electron chi connectivity index (χ4n) is 3.11.